The van der Waals surface area contributed by atoms with Gasteiger partial charge >= 0.3 is 12.1 Å². The Morgan fingerprint density at radius 2 is 1.89 bits per heavy atom. The number of methoxy groups -OCH3 is 1. The number of carbonyl (C=O) groups excluding carboxylic acids is 1. The van der Waals surface area contributed by atoms with Gasteiger partial charge in [0.1, 0.15) is 5.67 Å². The maximum absolute atomic E-state index is 16.8. The Morgan fingerprint density at radius 3 is 2.57 bits per heavy atom. The highest BCUT2D eigenvalue weighted by Crippen LogP contribution is 2.43. The van der Waals surface area contributed by atoms with E-state index in [0.29, 0.717) is 44.0 Å². The first-order valence-corrected chi connectivity index (χ1v) is 14.1. The zero-order valence-electron chi connectivity index (χ0n) is 22.7. The molecule has 1 heterocycles. The summed E-state index contributed by atoms with van der Waals surface area (Å²) in [5.41, 5.74) is -0.836. The molecule has 1 aromatic carbocycles. The molecular weight excluding hydrogens is 473 g/mol. The van der Waals surface area contributed by atoms with Gasteiger partial charge in [0.05, 0.1) is 0 Å². The molecule has 2 aliphatic rings. The second kappa shape index (κ2) is 14.6. The van der Waals surface area contributed by atoms with Crippen LogP contribution in [-0.2, 0) is 10.4 Å². The summed E-state index contributed by atoms with van der Waals surface area (Å²) in [7, 11) is 3.20. The molecule has 8 heteroatoms. The first kappa shape index (κ1) is 29.2. The third-order valence-electron chi connectivity index (χ3n) is 8.24. The number of alkyl halides is 1. The van der Waals surface area contributed by atoms with Gasteiger partial charge in [-0.05, 0) is 50.0 Å². The summed E-state index contributed by atoms with van der Waals surface area (Å²) in [5, 5.41) is 12.5. The van der Waals surface area contributed by atoms with E-state index in [9.17, 15) is 14.7 Å². The van der Waals surface area contributed by atoms with Crippen molar-refractivity contribution in [3.8, 4) is 0 Å². The monoisotopic (exact) mass is 519 g/mol. The van der Waals surface area contributed by atoms with Crippen LogP contribution >= 0.6 is 0 Å². The number of ether oxygens (including phenoxy) is 1. The van der Waals surface area contributed by atoms with Gasteiger partial charge < -0.3 is 25.0 Å². The minimum Gasteiger partial charge on any atom is -0.465 e. The molecule has 3 rings (SSSR count). The zero-order valence-corrected chi connectivity index (χ0v) is 22.7. The van der Waals surface area contributed by atoms with Crippen LogP contribution in [0.15, 0.2) is 30.3 Å². The summed E-state index contributed by atoms with van der Waals surface area (Å²) < 4.78 is 22.0. The van der Waals surface area contributed by atoms with Crippen LogP contribution in [0.3, 0.4) is 0 Å². The minimum absolute atomic E-state index is 0.209. The molecule has 0 spiro atoms. The van der Waals surface area contributed by atoms with E-state index < -0.39 is 11.8 Å². The van der Waals surface area contributed by atoms with Gasteiger partial charge in [-0.1, -0.05) is 62.4 Å². The van der Waals surface area contributed by atoms with Crippen LogP contribution in [0.25, 0.3) is 0 Å². The predicted octanol–water partition coefficient (Wildman–Crippen LogP) is 6.04. The van der Waals surface area contributed by atoms with E-state index >= 15 is 4.39 Å². The number of hydrogen-bond acceptors (Lipinski definition) is 3. The van der Waals surface area contributed by atoms with Crippen LogP contribution < -0.4 is 5.32 Å². The van der Waals surface area contributed by atoms with Crippen molar-refractivity contribution in [1.82, 2.24) is 15.1 Å². The molecule has 2 N–H and O–H groups in total. The Kier molecular flexibility index (Phi) is 11.5. The van der Waals surface area contributed by atoms with Gasteiger partial charge in [0.2, 0.25) is 0 Å². The molecule has 3 amide bonds. The van der Waals surface area contributed by atoms with E-state index in [2.05, 4.69) is 5.32 Å². The molecule has 1 unspecified atom stereocenters. The molecular formula is C29H46FN3O4. The molecule has 3 atom stereocenters. The van der Waals surface area contributed by atoms with E-state index in [0.717, 1.165) is 38.5 Å². The summed E-state index contributed by atoms with van der Waals surface area (Å²) in [5.74, 6) is 0.203. The summed E-state index contributed by atoms with van der Waals surface area (Å²) in [6.07, 6.45) is 9.04. The number of hydrogen-bond donors (Lipinski definition) is 2. The zero-order chi connectivity index (χ0) is 26.7. The van der Waals surface area contributed by atoms with Crippen molar-refractivity contribution in [3.63, 3.8) is 0 Å². The highest BCUT2D eigenvalue weighted by molar-refractivity contribution is 5.75. The smallest absolute Gasteiger partial charge is 0.407 e. The Hall–Kier alpha value is -2.35. The van der Waals surface area contributed by atoms with Gasteiger partial charge in [-0.15, -0.1) is 0 Å². The van der Waals surface area contributed by atoms with E-state index in [1.807, 2.05) is 30.3 Å². The highest BCUT2D eigenvalue weighted by Gasteiger charge is 2.43. The summed E-state index contributed by atoms with van der Waals surface area (Å²) >= 11 is 0. The lowest BCUT2D eigenvalue weighted by molar-refractivity contribution is 0.0206. The Bertz CT molecular complexity index is 836. The van der Waals surface area contributed by atoms with Crippen LogP contribution in [0.5, 0.6) is 0 Å². The van der Waals surface area contributed by atoms with E-state index in [4.69, 9.17) is 4.74 Å². The molecule has 1 aliphatic carbocycles. The topological polar surface area (TPSA) is 82.1 Å². The number of unbranched alkanes of at least 4 members (excludes halogenated alkanes) is 1. The van der Waals surface area contributed by atoms with Crippen molar-refractivity contribution < 1.29 is 23.8 Å². The molecule has 1 aromatic rings. The third-order valence-corrected chi connectivity index (χ3v) is 8.24. The highest BCUT2D eigenvalue weighted by atomic mass is 19.1. The first-order chi connectivity index (χ1) is 17.8. The van der Waals surface area contributed by atoms with E-state index in [1.165, 1.54) is 24.2 Å². The van der Waals surface area contributed by atoms with Crippen molar-refractivity contribution >= 4 is 12.1 Å². The molecule has 1 saturated carbocycles. The molecule has 1 aliphatic heterocycles. The number of carboxylic acid groups (broad SMARTS) is 1. The standard InChI is InChI=1S/C29H46FN3O4/c1-32(28(35)36)22-26(20-23-12-5-3-6-13-23)31-27(34)33-18-11-16-25(21-33)29(30,17-9-10-19-37-2)24-14-7-4-8-15-24/h4,7-8,14-15,23,25-26H,3,5-6,9-13,16-22H2,1-2H3,(H,31,34)(H,35,36)/t25?,26-,29-/m0/s1. The number of carbonyl (C=O) groups is 2. The fourth-order valence-corrected chi connectivity index (χ4v) is 6.14. The molecule has 7 nitrogen and oxygen atoms in total. The lowest BCUT2D eigenvalue weighted by Crippen LogP contribution is -2.54. The van der Waals surface area contributed by atoms with Gasteiger partial charge in [-0.3, -0.25) is 0 Å². The molecule has 0 aromatic heterocycles. The van der Waals surface area contributed by atoms with Crippen LogP contribution in [0.4, 0.5) is 14.0 Å². The number of urea groups is 1. The van der Waals surface area contributed by atoms with Gasteiger partial charge in [-0.25, -0.2) is 14.0 Å². The van der Waals surface area contributed by atoms with Crippen molar-refractivity contribution in [2.24, 2.45) is 11.8 Å². The Balaban J connectivity index is 1.69. The largest absolute Gasteiger partial charge is 0.465 e. The fourth-order valence-electron chi connectivity index (χ4n) is 6.14. The second-order valence-corrected chi connectivity index (χ2v) is 11.0. The SMILES string of the molecule is COCCCC[C@](F)(c1ccccc1)C1CCCN(C(=O)N[C@@H](CC2CCCCC2)CN(C)C(=O)O)C1. The molecule has 0 radical (unpaired) electrons. The molecule has 208 valence electrons. The number of benzene rings is 1. The van der Waals surface area contributed by atoms with E-state index in [-0.39, 0.29) is 24.5 Å². The number of piperidine rings is 1. The van der Waals surface area contributed by atoms with Crippen molar-refractivity contribution in [2.45, 2.75) is 82.3 Å². The lowest BCUT2D eigenvalue weighted by atomic mass is 9.75. The number of likely N-dealkylation sites (tertiary alicyclic amines) is 1. The van der Waals surface area contributed by atoms with Crippen LogP contribution in [-0.4, -0.2) is 73.5 Å². The molecule has 37 heavy (non-hydrogen) atoms. The van der Waals surface area contributed by atoms with Crippen LogP contribution in [0.2, 0.25) is 0 Å². The van der Waals surface area contributed by atoms with Crippen molar-refractivity contribution in [1.29, 1.82) is 0 Å². The summed E-state index contributed by atoms with van der Waals surface area (Å²) in [6.45, 7) is 1.80. The number of nitrogens with zero attached hydrogens (tertiary/aromatic N) is 2. The average Bonchev–Trinajstić information content (AvgIpc) is 2.92. The van der Waals surface area contributed by atoms with Crippen molar-refractivity contribution in [3.05, 3.63) is 35.9 Å². The number of nitrogens with one attached hydrogen (secondary N) is 1. The van der Waals surface area contributed by atoms with Gasteiger partial charge in [0.25, 0.3) is 0 Å². The minimum atomic E-state index is -1.51. The maximum Gasteiger partial charge on any atom is 0.407 e. The number of rotatable bonds is 12. The summed E-state index contributed by atoms with van der Waals surface area (Å²) in [4.78, 5) is 27.9. The Morgan fingerprint density at radius 1 is 1.16 bits per heavy atom. The number of amides is 3. The fraction of sp³-hybridized carbons (Fsp3) is 0.724. The quantitative estimate of drug-likeness (QED) is 0.330. The summed E-state index contributed by atoms with van der Waals surface area (Å²) in [6, 6.07) is 8.90. The normalized spacial score (nSPS) is 21.2. The van der Waals surface area contributed by atoms with Gasteiger partial charge in [0, 0.05) is 52.4 Å². The van der Waals surface area contributed by atoms with E-state index in [1.54, 1.807) is 19.1 Å². The van der Waals surface area contributed by atoms with Crippen molar-refractivity contribution in [2.75, 3.05) is 40.4 Å². The van der Waals surface area contributed by atoms with Crippen LogP contribution in [0.1, 0.15) is 76.2 Å². The first-order valence-electron chi connectivity index (χ1n) is 14.1. The Labute approximate surface area is 221 Å². The van der Waals surface area contributed by atoms with Crippen LogP contribution in [0, 0.1) is 11.8 Å². The van der Waals surface area contributed by atoms with Gasteiger partial charge in [0.15, 0.2) is 0 Å². The molecule has 0 bridgehead atoms. The maximum atomic E-state index is 16.8. The average molecular weight is 520 g/mol. The molecule has 2 fully saturated rings. The number of halogens is 1. The van der Waals surface area contributed by atoms with Gasteiger partial charge in [-0.2, -0.15) is 0 Å². The number of likely N-dealkylation sites (N-methyl/N-ethyl adjacent to an activating group) is 1. The second-order valence-electron chi connectivity index (χ2n) is 11.0. The third kappa shape index (κ3) is 8.59. The lowest BCUT2D eigenvalue weighted by Gasteiger charge is -2.41. The predicted molar refractivity (Wildman–Crippen MR) is 143 cm³/mol. The molecule has 1 saturated heterocycles.